The van der Waals surface area contributed by atoms with Gasteiger partial charge in [0.25, 0.3) is 11.6 Å². The third-order valence-corrected chi connectivity index (χ3v) is 5.40. The molecule has 0 fully saturated rings. The van der Waals surface area contributed by atoms with Crippen LogP contribution in [0.4, 0.5) is 5.69 Å². The Labute approximate surface area is 169 Å². The Balaban J connectivity index is 2.36. The summed E-state index contributed by atoms with van der Waals surface area (Å²) in [6.07, 6.45) is 0.891. The van der Waals surface area contributed by atoms with Crippen LogP contribution in [0.5, 0.6) is 0 Å². The second-order valence-electron chi connectivity index (χ2n) is 7.65. The van der Waals surface area contributed by atoms with Crippen molar-refractivity contribution in [2.45, 2.75) is 37.1 Å². The minimum atomic E-state index is -3.77. The van der Waals surface area contributed by atoms with Gasteiger partial charge in [-0.25, -0.2) is 8.42 Å². The minimum absolute atomic E-state index is 0.0745. The quantitative estimate of drug-likeness (QED) is 0.589. The van der Waals surface area contributed by atoms with Crippen LogP contribution in [0.2, 0.25) is 0 Å². The van der Waals surface area contributed by atoms with E-state index in [9.17, 15) is 28.6 Å². The number of hydrogen-bond acceptors (Lipinski definition) is 6. The van der Waals surface area contributed by atoms with E-state index in [1.54, 1.807) is 12.1 Å². The second kappa shape index (κ2) is 8.01. The van der Waals surface area contributed by atoms with Crippen molar-refractivity contribution in [2.75, 3.05) is 6.26 Å². The molecule has 0 radical (unpaired) electrons. The number of nitro benzene ring substituents is 1. The predicted octanol–water partition coefficient (Wildman–Crippen LogP) is 3.29. The zero-order valence-corrected chi connectivity index (χ0v) is 17.3. The summed E-state index contributed by atoms with van der Waals surface area (Å²) in [6.45, 7) is 6.15. The van der Waals surface area contributed by atoms with Crippen LogP contribution >= 0.6 is 0 Å². The van der Waals surface area contributed by atoms with E-state index in [2.05, 4.69) is 5.32 Å². The molecule has 0 aliphatic rings. The van der Waals surface area contributed by atoms with Crippen LogP contribution in [0.25, 0.3) is 0 Å². The first-order chi connectivity index (χ1) is 13.3. The van der Waals surface area contributed by atoms with E-state index in [-0.39, 0.29) is 15.9 Å². The van der Waals surface area contributed by atoms with Crippen LogP contribution in [0.3, 0.4) is 0 Å². The number of rotatable bonds is 5. The summed E-state index contributed by atoms with van der Waals surface area (Å²) in [5.41, 5.74) is 0.783. The summed E-state index contributed by atoms with van der Waals surface area (Å²) in [5, 5.41) is 23.0. The summed E-state index contributed by atoms with van der Waals surface area (Å²) in [4.78, 5) is 22.6. The highest BCUT2D eigenvalue weighted by atomic mass is 32.2. The van der Waals surface area contributed by atoms with Crippen LogP contribution in [0.15, 0.2) is 47.4 Å². The van der Waals surface area contributed by atoms with Crippen molar-refractivity contribution in [3.05, 3.63) is 69.3 Å². The average Bonchev–Trinajstić information content (AvgIpc) is 2.64. The fourth-order valence-corrected chi connectivity index (χ4v) is 3.29. The molecule has 1 atom stereocenters. The van der Waals surface area contributed by atoms with Crippen LogP contribution in [0.1, 0.15) is 48.3 Å². The lowest BCUT2D eigenvalue weighted by molar-refractivity contribution is -0.385. The molecule has 0 aromatic heterocycles. The molecule has 1 amide bonds. The number of nitrogens with zero attached hydrogens (tertiary/aromatic N) is 2. The summed E-state index contributed by atoms with van der Waals surface area (Å²) in [7, 11) is -3.77. The Bertz CT molecular complexity index is 1090. The smallest absolute Gasteiger partial charge is 0.271 e. The third kappa shape index (κ3) is 5.39. The maximum absolute atomic E-state index is 12.6. The lowest BCUT2D eigenvalue weighted by Crippen LogP contribution is -2.28. The Kier molecular flexibility index (Phi) is 6.09. The molecule has 0 bridgehead atoms. The summed E-state index contributed by atoms with van der Waals surface area (Å²) in [6, 6.07) is 11.1. The molecule has 0 saturated carbocycles. The van der Waals surface area contributed by atoms with Crippen molar-refractivity contribution in [1.82, 2.24) is 5.32 Å². The first kappa shape index (κ1) is 22.0. The van der Waals surface area contributed by atoms with Gasteiger partial charge in [0.1, 0.15) is 6.04 Å². The van der Waals surface area contributed by atoms with Crippen LogP contribution in [-0.2, 0) is 15.3 Å². The number of carbonyl (C=O) groups excluding carboxylic acids is 1. The Morgan fingerprint density at radius 2 is 1.76 bits per heavy atom. The molecule has 0 aliphatic heterocycles. The molecule has 1 N–H and O–H groups in total. The highest BCUT2D eigenvalue weighted by molar-refractivity contribution is 7.90. The van der Waals surface area contributed by atoms with Gasteiger partial charge in [-0.15, -0.1) is 0 Å². The van der Waals surface area contributed by atoms with Gasteiger partial charge in [0.15, 0.2) is 9.84 Å². The zero-order chi connectivity index (χ0) is 22.0. The molecule has 2 rings (SSSR count). The summed E-state index contributed by atoms with van der Waals surface area (Å²) >= 11 is 0. The zero-order valence-electron chi connectivity index (χ0n) is 16.5. The maximum atomic E-state index is 12.6. The van der Waals surface area contributed by atoms with E-state index in [0.717, 1.165) is 30.0 Å². The summed E-state index contributed by atoms with van der Waals surface area (Å²) < 4.78 is 23.6. The standard InChI is InChI=1S/C20H21N3O5S/c1-20(2,3)15-7-5-13(6-8-15)18(12-21)22-19(24)14-9-16(23(25)26)11-17(10-14)29(4,27)28/h5-11,18H,1-4H3,(H,22,24). The van der Waals surface area contributed by atoms with E-state index >= 15 is 0 Å². The van der Waals surface area contributed by atoms with E-state index in [0.29, 0.717) is 5.56 Å². The van der Waals surface area contributed by atoms with Crippen molar-refractivity contribution >= 4 is 21.4 Å². The third-order valence-electron chi connectivity index (χ3n) is 4.31. The summed E-state index contributed by atoms with van der Waals surface area (Å²) in [5.74, 6) is -0.787. The van der Waals surface area contributed by atoms with Gasteiger partial charge >= 0.3 is 0 Å². The maximum Gasteiger partial charge on any atom is 0.271 e. The van der Waals surface area contributed by atoms with Gasteiger partial charge in [-0.1, -0.05) is 45.0 Å². The van der Waals surface area contributed by atoms with E-state index in [1.807, 2.05) is 39.0 Å². The molecule has 2 aromatic carbocycles. The van der Waals surface area contributed by atoms with Gasteiger partial charge in [-0.2, -0.15) is 5.26 Å². The molecule has 9 heteroatoms. The highest BCUT2D eigenvalue weighted by Crippen LogP contribution is 2.25. The molecule has 2 aromatic rings. The molecule has 0 saturated heterocycles. The van der Waals surface area contributed by atoms with Gasteiger partial charge in [0, 0.05) is 24.0 Å². The van der Waals surface area contributed by atoms with Gasteiger partial charge in [0.05, 0.1) is 15.9 Å². The van der Waals surface area contributed by atoms with Crippen molar-refractivity contribution < 1.29 is 18.1 Å². The Morgan fingerprint density at radius 1 is 1.17 bits per heavy atom. The number of amides is 1. The van der Waals surface area contributed by atoms with Gasteiger partial charge in [-0.05, 0) is 22.6 Å². The first-order valence-electron chi connectivity index (χ1n) is 8.63. The van der Waals surface area contributed by atoms with Crippen LogP contribution in [-0.4, -0.2) is 25.5 Å². The molecule has 1 unspecified atom stereocenters. The fourth-order valence-electron chi connectivity index (χ4n) is 2.61. The number of non-ortho nitro benzene ring substituents is 1. The molecule has 0 aliphatic carbocycles. The van der Waals surface area contributed by atoms with Crippen molar-refractivity contribution in [1.29, 1.82) is 5.26 Å². The largest absolute Gasteiger partial charge is 0.332 e. The predicted molar refractivity (Wildman–Crippen MR) is 107 cm³/mol. The molecule has 0 heterocycles. The van der Waals surface area contributed by atoms with E-state index < -0.39 is 32.4 Å². The number of nitrogens with one attached hydrogen (secondary N) is 1. The van der Waals surface area contributed by atoms with Gasteiger partial charge in [0.2, 0.25) is 0 Å². The van der Waals surface area contributed by atoms with E-state index in [1.165, 1.54) is 0 Å². The molecular weight excluding hydrogens is 394 g/mol. The topological polar surface area (TPSA) is 130 Å². The number of nitro groups is 1. The molecule has 152 valence electrons. The fraction of sp³-hybridized carbons (Fsp3) is 0.300. The molecule has 29 heavy (non-hydrogen) atoms. The Hall–Kier alpha value is -3.25. The van der Waals surface area contributed by atoms with Crippen molar-refractivity contribution in [3.8, 4) is 6.07 Å². The number of carbonyl (C=O) groups is 1. The van der Waals surface area contributed by atoms with E-state index in [4.69, 9.17) is 0 Å². The molecule has 8 nitrogen and oxygen atoms in total. The number of hydrogen-bond donors (Lipinski definition) is 1. The second-order valence-corrected chi connectivity index (χ2v) is 9.67. The molecular formula is C20H21N3O5S. The van der Waals surface area contributed by atoms with Gasteiger partial charge in [-0.3, -0.25) is 14.9 Å². The first-order valence-corrected chi connectivity index (χ1v) is 10.5. The lowest BCUT2D eigenvalue weighted by Gasteiger charge is -2.20. The number of benzene rings is 2. The number of nitriles is 1. The van der Waals surface area contributed by atoms with Crippen LogP contribution < -0.4 is 5.32 Å². The van der Waals surface area contributed by atoms with Crippen molar-refractivity contribution in [3.63, 3.8) is 0 Å². The SMILES string of the molecule is CC(C)(C)c1ccc(C(C#N)NC(=O)c2cc([N+](=O)[O-])cc(S(C)(=O)=O)c2)cc1. The van der Waals surface area contributed by atoms with Crippen molar-refractivity contribution in [2.24, 2.45) is 0 Å². The van der Waals surface area contributed by atoms with Crippen LogP contribution in [0, 0.1) is 21.4 Å². The monoisotopic (exact) mass is 415 g/mol. The minimum Gasteiger partial charge on any atom is -0.332 e. The lowest BCUT2D eigenvalue weighted by atomic mass is 9.86. The normalized spacial score (nSPS) is 12.7. The average molecular weight is 415 g/mol. The number of sulfone groups is 1. The highest BCUT2D eigenvalue weighted by Gasteiger charge is 2.22. The van der Waals surface area contributed by atoms with Gasteiger partial charge < -0.3 is 5.32 Å². The molecule has 0 spiro atoms. The Morgan fingerprint density at radius 3 is 2.21 bits per heavy atom.